The number of hydrogen-bond donors (Lipinski definition) is 3. The van der Waals surface area contributed by atoms with E-state index in [1.807, 2.05) is 43.5 Å². The van der Waals surface area contributed by atoms with Gasteiger partial charge in [-0.2, -0.15) is 0 Å². The molecule has 0 amide bonds. The Morgan fingerprint density at radius 3 is 2.73 bits per heavy atom. The van der Waals surface area contributed by atoms with E-state index in [1.165, 1.54) is 5.56 Å². The summed E-state index contributed by atoms with van der Waals surface area (Å²) < 4.78 is 6.90. The van der Waals surface area contributed by atoms with Gasteiger partial charge in [-0.1, -0.05) is 13.8 Å². The fourth-order valence-electron chi connectivity index (χ4n) is 2.92. The van der Waals surface area contributed by atoms with Crippen LogP contribution in [-0.4, -0.2) is 22.6 Å². The minimum absolute atomic E-state index is 0.131. The first-order valence-electron chi connectivity index (χ1n) is 8.40. The van der Waals surface area contributed by atoms with Crippen molar-refractivity contribution < 1.29 is 14.6 Å². The molecule has 3 rings (SSSR count). The van der Waals surface area contributed by atoms with E-state index in [1.54, 1.807) is 0 Å². The lowest BCUT2D eigenvalue weighted by atomic mass is 10.0. The van der Waals surface area contributed by atoms with Gasteiger partial charge in [-0.05, 0) is 70.2 Å². The van der Waals surface area contributed by atoms with Crippen molar-refractivity contribution in [2.45, 2.75) is 26.7 Å². The summed E-state index contributed by atoms with van der Waals surface area (Å²) in [5, 5.41) is 12.8. The van der Waals surface area contributed by atoms with E-state index in [-0.39, 0.29) is 6.54 Å². The van der Waals surface area contributed by atoms with Crippen molar-refractivity contribution in [3.05, 3.63) is 52.1 Å². The predicted octanol–water partition coefficient (Wildman–Crippen LogP) is 5.65. The van der Waals surface area contributed by atoms with Crippen molar-refractivity contribution in [2.24, 2.45) is 0 Å². The zero-order chi connectivity index (χ0) is 18.8. The number of carboxylic acid groups (broad SMARTS) is 1. The average molecular weight is 417 g/mol. The zero-order valence-electron chi connectivity index (χ0n) is 14.9. The molecular weight excluding hydrogens is 396 g/mol. The molecule has 0 aliphatic heterocycles. The number of aromatic nitrogens is 1. The Kier molecular flexibility index (Phi) is 5.23. The molecule has 0 atom stereocenters. The van der Waals surface area contributed by atoms with Crippen LogP contribution >= 0.6 is 15.9 Å². The second-order valence-corrected chi connectivity index (χ2v) is 7.41. The van der Waals surface area contributed by atoms with Crippen molar-refractivity contribution in [1.29, 1.82) is 0 Å². The molecule has 0 spiro atoms. The van der Waals surface area contributed by atoms with E-state index < -0.39 is 5.97 Å². The average Bonchev–Trinajstić information content (AvgIpc) is 2.99. The van der Waals surface area contributed by atoms with Crippen LogP contribution in [-0.2, 0) is 4.79 Å². The summed E-state index contributed by atoms with van der Waals surface area (Å²) in [6.45, 7) is 6.13. The highest BCUT2D eigenvalue weighted by atomic mass is 79.9. The topological polar surface area (TPSA) is 74.3 Å². The molecule has 0 unspecified atom stereocenters. The van der Waals surface area contributed by atoms with Gasteiger partial charge in [0, 0.05) is 22.8 Å². The Morgan fingerprint density at radius 1 is 1.31 bits per heavy atom. The molecule has 0 aliphatic carbocycles. The molecule has 136 valence electrons. The maximum atomic E-state index is 10.7. The lowest BCUT2D eigenvalue weighted by Gasteiger charge is -2.14. The van der Waals surface area contributed by atoms with Crippen LogP contribution in [0.4, 0.5) is 5.69 Å². The predicted molar refractivity (Wildman–Crippen MR) is 107 cm³/mol. The Balaban J connectivity index is 1.89. The van der Waals surface area contributed by atoms with Crippen LogP contribution in [0.25, 0.3) is 10.9 Å². The first-order valence-corrected chi connectivity index (χ1v) is 9.19. The minimum atomic E-state index is -0.903. The number of aromatic amines is 1. The SMILES string of the molecule is Cc1cc(NCC(=O)O)cc(Br)c1Oc1ccc2[nH]cc(C(C)C)c2c1. The van der Waals surface area contributed by atoms with Crippen LogP contribution in [0.5, 0.6) is 11.5 Å². The van der Waals surface area contributed by atoms with E-state index in [2.05, 4.69) is 40.1 Å². The van der Waals surface area contributed by atoms with E-state index in [0.717, 1.165) is 32.4 Å². The van der Waals surface area contributed by atoms with Crippen LogP contribution in [0.1, 0.15) is 30.9 Å². The largest absolute Gasteiger partial charge is 0.480 e. The maximum Gasteiger partial charge on any atom is 0.322 e. The fraction of sp³-hybridized carbons (Fsp3) is 0.250. The molecule has 2 aromatic carbocycles. The van der Waals surface area contributed by atoms with Crippen molar-refractivity contribution in [1.82, 2.24) is 4.98 Å². The minimum Gasteiger partial charge on any atom is -0.480 e. The quantitative estimate of drug-likeness (QED) is 0.485. The normalized spacial score (nSPS) is 11.1. The number of aliphatic carboxylic acids is 1. The van der Waals surface area contributed by atoms with Crippen LogP contribution in [0, 0.1) is 6.92 Å². The highest BCUT2D eigenvalue weighted by molar-refractivity contribution is 9.10. The molecule has 1 aromatic heterocycles. The van der Waals surface area contributed by atoms with E-state index >= 15 is 0 Å². The highest BCUT2D eigenvalue weighted by Gasteiger charge is 2.12. The summed E-state index contributed by atoms with van der Waals surface area (Å²) in [5.41, 5.74) is 3.98. The number of ether oxygens (including phenoxy) is 1. The van der Waals surface area contributed by atoms with Gasteiger partial charge >= 0.3 is 5.97 Å². The maximum absolute atomic E-state index is 10.7. The van der Waals surface area contributed by atoms with Crippen LogP contribution < -0.4 is 10.1 Å². The lowest BCUT2D eigenvalue weighted by molar-refractivity contribution is -0.134. The molecule has 3 N–H and O–H groups in total. The number of carboxylic acids is 1. The molecule has 0 saturated heterocycles. The van der Waals surface area contributed by atoms with Gasteiger partial charge in [0.05, 0.1) is 4.47 Å². The Labute approximate surface area is 160 Å². The molecule has 0 fully saturated rings. The van der Waals surface area contributed by atoms with Gasteiger partial charge < -0.3 is 20.1 Å². The number of fused-ring (bicyclic) bond motifs is 1. The molecule has 1 heterocycles. The number of hydrogen-bond acceptors (Lipinski definition) is 3. The summed E-state index contributed by atoms with van der Waals surface area (Å²) >= 11 is 3.52. The number of rotatable bonds is 6. The van der Waals surface area contributed by atoms with E-state index in [4.69, 9.17) is 9.84 Å². The first kappa shape index (κ1) is 18.3. The van der Waals surface area contributed by atoms with Crippen LogP contribution in [0.3, 0.4) is 0 Å². The number of nitrogens with one attached hydrogen (secondary N) is 2. The molecule has 5 nitrogen and oxygen atoms in total. The molecule has 0 aliphatic rings. The van der Waals surface area contributed by atoms with Gasteiger partial charge in [0.1, 0.15) is 18.0 Å². The molecule has 0 saturated carbocycles. The third-order valence-electron chi connectivity index (χ3n) is 4.20. The smallest absolute Gasteiger partial charge is 0.322 e. The molecule has 6 heteroatoms. The van der Waals surface area contributed by atoms with Gasteiger partial charge in [0.15, 0.2) is 0 Å². The molecule has 0 bridgehead atoms. The first-order chi connectivity index (χ1) is 12.3. The summed E-state index contributed by atoms with van der Waals surface area (Å²) in [5.74, 6) is 0.993. The molecule has 3 aromatic rings. The number of H-pyrrole nitrogens is 1. The Bertz CT molecular complexity index is 940. The van der Waals surface area contributed by atoms with Gasteiger partial charge in [-0.25, -0.2) is 0 Å². The van der Waals surface area contributed by atoms with Crippen molar-refractivity contribution >= 4 is 38.5 Å². The van der Waals surface area contributed by atoms with Crippen molar-refractivity contribution in [3.8, 4) is 11.5 Å². The molecule has 26 heavy (non-hydrogen) atoms. The van der Waals surface area contributed by atoms with Crippen molar-refractivity contribution in [2.75, 3.05) is 11.9 Å². The Morgan fingerprint density at radius 2 is 2.08 bits per heavy atom. The standard InChI is InChI=1S/C20H21BrN2O3/c1-11(2)16-9-23-18-5-4-14(8-15(16)18)26-20-12(3)6-13(7-17(20)21)22-10-19(24)25/h4-9,11,22-23H,10H2,1-3H3,(H,24,25). The monoisotopic (exact) mass is 416 g/mol. The number of carbonyl (C=O) groups is 1. The third kappa shape index (κ3) is 3.85. The van der Waals surface area contributed by atoms with Gasteiger partial charge in [-0.15, -0.1) is 0 Å². The lowest BCUT2D eigenvalue weighted by Crippen LogP contribution is -2.12. The van der Waals surface area contributed by atoms with Crippen LogP contribution in [0.15, 0.2) is 41.0 Å². The van der Waals surface area contributed by atoms with Gasteiger partial charge in [0.2, 0.25) is 0 Å². The van der Waals surface area contributed by atoms with Gasteiger partial charge in [-0.3, -0.25) is 4.79 Å². The fourth-order valence-corrected chi connectivity index (χ4v) is 3.56. The summed E-state index contributed by atoms with van der Waals surface area (Å²) in [4.78, 5) is 14.0. The molecular formula is C20H21BrN2O3. The third-order valence-corrected chi connectivity index (χ3v) is 4.79. The van der Waals surface area contributed by atoms with Gasteiger partial charge in [0.25, 0.3) is 0 Å². The number of halogens is 1. The molecule has 0 radical (unpaired) electrons. The van der Waals surface area contributed by atoms with Crippen molar-refractivity contribution in [3.63, 3.8) is 0 Å². The second-order valence-electron chi connectivity index (χ2n) is 6.56. The summed E-state index contributed by atoms with van der Waals surface area (Å²) in [6.07, 6.45) is 2.04. The zero-order valence-corrected chi connectivity index (χ0v) is 16.5. The van der Waals surface area contributed by atoms with E-state index in [9.17, 15) is 4.79 Å². The number of benzene rings is 2. The second kappa shape index (κ2) is 7.41. The highest BCUT2D eigenvalue weighted by Crippen LogP contribution is 2.37. The number of aryl methyl sites for hydroxylation is 1. The summed E-state index contributed by atoms with van der Waals surface area (Å²) in [6, 6.07) is 9.69. The number of anilines is 1. The van der Waals surface area contributed by atoms with E-state index in [0.29, 0.717) is 11.7 Å². The Hall–Kier alpha value is -2.47. The summed E-state index contributed by atoms with van der Waals surface area (Å²) in [7, 11) is 0. The van der Waals surface area contributed by atoms with Crippen LogP contribution in [0.2, 0.25) is 0 Å².